The fraction of sp³-hybridized carbons (Fsp3) is 0.571. The summed E-state index contributed by atoms with van der Waals surface area (Å²) in [6.45, 7) is 8.98. The fourth-order valence-corrected chi connectivity index (χ4v) is 1.53. The van der Waals surface area contributed by atoms with Crippen molar-refractivity contribution in [3.63, 3.8) is 0 Å². The minimum Gasteiger partial charge on any atom is -0.493 e. The second kappa shape index (κ2) is 5.35. The molecule has 0 radical (unpaired) electrons. The summed E-state index contributed by atoms with van der Waals surface area (Å²) in [5, 5.41) is 0. The molecule has 0 aliphatic heterocycles. The summed E-state index contributed by atoms with van der Waals surface area (Å²) in [6.07, 6.45) is 0.885. The van der Waals surface area contributed by atoms with E-state index in [2.05, 4.69) is 45.9 Å². The number of rotatable bonds is 5. The molecule has 0 fully saturated rings. The van der Waals surface area contributed by atoms with E-state index in [1.54, 1.807) is 7.11 Å². The third-order valence-corrected chi connectivity index (χ3v) is 2.72. The van der Waals surface area contributed by atoms with E-state index in [0.29, 0.717) is 6.61 Å². The zero-order valence-corrected chi connectivity index (χ0v) is 11.0. The Balaban J connectivity index is 2.49. The summed E-state index contributed by atoms with van der Waals surface area (Å²) < 4.78 is 11.1. The average molecular weight is 222 g/mol. The molecule has 0 aromatic heterocycles. The van der Waals surface area contributed by atoms with E-state index in [1.165, 1.54) is 11.1 Å². The Hall–Kier alpha value is -1.02. The SMILES string of the molecule is COC(C)(C)CCOc1cc(C)cc(C)c1. The number of ether oxygens (including phenoxy) is 2. The molecule has 0 bridgehead atoms. The molecule has 0 spiro atoms. The first-order chi connectivity index (χ1) is 7.43. The van der Waals surface area contributed by atoms with E-state index in [1.807, 2.05) is 0 Å². The molecule has 0 aliphatic carbocycles. The molecular weight excluding hydrogens is 200 g/mol. The van der Waals surface area contributed by atoms with Gasteiger partial charge in [-0.05, 0) is 51.0 Å². The van der Waals surface area contributed by atoms with Gasteiger partial charge in [-0.2, -0.15) is 0 Å². The lowest BCUT2D eigenvalue weighted by Gasteiger charge is -2.22. The highest BCUT2D eigenvalue weighted by Gasteiger charge is 2.15. The van der Waals surface area contributed by atoms with Crippen molar-refractivity contribution in [2.45, 2.75) is 39.7 Å². The molecule has 0 atom stereocenters. The van der Waals surface area contributed by atoms with Crippen molar-refractivity contribution in [3.8, 4) is 5.75 Å². The van der Waals surface area contributed by atoms with Crippen molar-refractivity contribution in [1.29, 1.82) is 0 Å². The van der Waals surface area contributed by atoms with Gasteiger partial charge in [0.15, 0.2) is 0 Å². The number of hydrogen-bond acceptors (Lipinski definition) is 2. The van der Waals surface area contributed by atoms with E-state index < -0.39 is 0 Å². The maximum absolute atomic E-state index is 5.73. The first-order valence-corrected chi connectivity index (χ1v) is 5.69. The molecule has 90 valence electrons. The monoisotopic (exact) mass is 222 g/mol. The normalized spacial score (nSPS) is 11.6. The van der Waals surface area contributed by atoms with Gasteiger partial charge in [-0.3, -0.25) is 0 Å². The van der Waals surface area contributed by atoms with Gasteiger partial charge >= 0.3 is 0 Å². The number of benzene rings is 1. The van der Waals surface area contributed by atoms with Gasteiger partial charge in [0.25, 0.3) is 0 Å². The Kier molecular flexibility index (Phi) is 4.36. The van der Waals surface area contributed by atoms with Crippen molar-refractivity contribution in [2.24, 2.45) is 0 Å². The van der Waals surface area contributed by atoms with Crippen LogP contribution in [-0.2, 0) is 4.74 Å². The highest BCUT2D eigenvalue weighted by atomic mass is 16.5. The molecule has 1 aromatic rings. The molecule has 0 saturated heterocycles. The molecule has 2 nitrogen and oxygen atoms in total. The summed E-state index contributed by atoms with van der Waals surface area (Å²) in [7, 11) is 1.73. The van der Waals surface area contributed by atoms with Gasteiger partial charge in [-0.25, -0.2) is 0 Å². The number of aryl methyl sites for hydroxylation is 2. The zero-order valence-electron chi connectivity index (χ0n) is 11.0. The van der Waals surface area contributed by atoms with E-state index in [0.717, 1.165) is 12.2 Å². The van der Waals surface area contributed by atoms with Crippen molar-refractivity contribution in [3.05, 3.63) is 29.3 Å². The third kappa shape index (κ3) is 4.23. The van der Waals surface area contributed by atoms with Gasteiger partial charge in [-0.15, -0.1) is 0 Å². The minimum absolute atomic E-state index is 0.112. The van der Waals surface area contributed by atoms with Crippen LogP contribution in [0.5, 0.6) is 5.75 Å². The minimum atomic E-state index is -0.112. The first-order valence-electron chi connectivity index (χ1n) is 5.69. The highest BCUT2D eigenvalue weighted by molar-refractivity contribution is 5.32. The van der Waals surface area contributed by atoms with Crippen LogP contribution in [0.2, 0.25) is 0 Å². The Labute approximate surface area is 98.6 Å². The van der Waals surface area contributed by atoms with E-state index in [9.17, 15) is 0 Å². The summed E-state index contributed by atoms with van der Waals surface area (Å²) in [4.78, 5) is 0. The standard InChI is InChI=1S/C14H22O2/c1-11-8-12(2)10-13(9-11)16-7-6-14(3,4)15-5/h8-10H,6-7H2,1-5H3. The number of hydrogen-bond donors (Lipinski definition) is 0. The lowest BCUT2D eigenvalue weighted by atomic mass is 10.1. The quantitative estimate of drug-likeness (QED) is 0.759. The Morgan fingerprint density at radius 1 is 1.06 bits per heavy atom. The molecule has 0 amide bonds. The van der Waals surface area contributed by atoms with Crippen LogP contribution in [0, 0.1) is 13.8 Å². The Bertz CT molecular complexity index is 322. The molecule has 1 rings (SSSR count). The highest BCUT2D eigenvalue weighted by Crippen LogP contribution is 2.18. The van der Waals surface area contributed by atoms with Crippen LogP contribution in [0.1, 0.15) is 31.4 Å². The molecule has 2 heteroatoms. The molecule has 0 N–H and O–H groups in total. The Morgan fingerprint density at radius 2 is 1.62 bits per heavy atom. The summed E-state index contributed by atoms with van der Waals surface area (Å²) >= 11 is 0. The summed E-state index contributed by atoms with van der Waals surface area (Å²) in [6, 6.07) is 6.27. The van der Waals surface area contributed by atoms with E-state index in [4.69, 9.17) is 9.47 Å². The second-order valence-corrected chi connectivity index (χ2v) is 4.89. The smallest absolute Gasteiger partial charge is 0.119 e. The van der Waals surface area contributed by atoms with Crippen LogP contribution in [0.15, 0.2) is 18.2 Å². The summed E-state index contributed by atoms with van der Waals surface area (Å²) in [5.41, 5.74) is 2.36. The lowest BCUT2D eigenvalue weighted by molar-refractivity contribution is 0.00545. The van der Waals surface area contributed by atoms with Gasteiger partial charge < -0.3 is 9.47 Å². The van der Waals surface area contributed by atoms with Gasteiger partial charge in [0.05, 0.1) is 12.2 Å². The van der Waals surface area contributed by atoms with Crippen LogP contribution in [0.3, 0.4) is 0 Å². The molecular formula is C14H22O2. The lowest BCUT2D eigenvalue weighted by Crippen LogP contribution is -2.25. The third-order valence-electron chi connectivity index (χ3n) is 2.72. The zero-order chi connectivity index (χ0) is 12.2. The summed E-state index contributed by atoms with van der Waals surface area (Å²) in [5.74, 6) is 0.949. The maximum Gasteiger partial charge on any atom is 0.119 e. The van der Waals surface area contributed by atoms with Crippen LogP contribution >= 0.6 is 0 Å². The Morgan fingerprint density at radius 3 is 2.12 bits per heavy atom. The first kappa shape index (κ1) is 13.0. The largest absolute Gasteiger partial charge is 0.493 e. The molecule has 1 aromatic carbocycles. The van der Waals surface area contributed by atoms with Gasteiger partial charge in [0, 0.05) is 13.5 Å². The van der Waals surface area contributed by atoms with Gasteiger partial charge in [0.2, 0.25) is 0 Å². The van der Waals surface area contributed by atoms with Crippen LogP contribution in [0.4, 0.5) is 0 Å². The van der Waals surface area contributed by atoms with Crippen LogP contribution < -0.4 is 4.74 Å². The van der Waals surface area contributed by atoms with E-state index in [-0.39, 0.29) is 5.60 Å². The van der Waals surface area contributed by atoms with Crippen molar-refractivity contribution >= 4 is 0 Å². The number of methoxy groups -OCH3 is 1. The van der Waals surface area contributed by atoms with Crippen molar-refractivity contribution in [1.82, 2.24) is 0 Å². The predicted molar refractivity (Wildman–Crippen MR) is 67.1 cm³/mol. The molecule has 0 saturated carbocycles. The fourth-order valence-electron chi connectivity index (χ4n) is 1.53. The van der Waals surface area contributed by atoms with Crippen LogP contribution in [-0.4, -0.2) is 19.3 Å². The molecule has 16 heavy (non-hydrogen) atoms. The van der Waals surface area contributed by atoms with Crippen LogP contribution in [0.25, 0.3) is 0 Å². The molecule has 0 heterocycles. The molecule has 0 unspecified atom stereocenters. The van der Waals surface area contributed by atoms with Crippen molar-refractivity contribution < 1.29 is 9.47 Å². The van der Waals surface area contributed by atoms with Gasteiger partial charge in [0.1, 0.15) is 5.75 Å². The van der Waals surface area contributed by atoms with Gasteiger partial charge in [-0.1, -0.05) is 6.07 Å². The average Bonchev–Trinajstić information content (AvgIpc) is 2.16. The maximum atomic E-state index is 5.73. The predicted octanol–water partition coefficient (Wildman–Crippen LogP) is 3.50. The second-order valence-electron chi connectivity index (χ2n) is 4.89. The van der Waals surface area contributed by atoms with Crippen molar-refractivity contribution in [2.75, 3.05) is 13.7 Å². The van der Waals surface area contributed by atoms with E-state index >= 15 is 0 Å². The molecule has 0 aliphatic rings. The topological polar surface area (TPSA) is 18.5 Å².